The van der Waals surface area contributed by atoms with Crippen molar-refractivity contribution in [2.75, 3.05) is 0 Å². The van der Waals surface area contributed by atoms with Crippen LogP contribution in [0.2, 0.25) is 0 Å². The van der Waals surface area contributed by atoms with E-state index in [4.69, 9.17) is 0 Å². The molecule has 1 aromatic rings. The Labute approximate surface area is 84.9 Å². The van der Waals surface area contributed by atoms with Crippen LogP contribution in [-0.4, -0.2) is 13.7 Å². The third-order valence-corrected chi connectivity index (χ3v) is 5.44. The molecule has 0 aromatic heterocycles. The minimum Gasteiger partial charge on any atom is -0.223 e. The van der Waals surface area contributed by atoms with Crippen molar-refractivity contribution in [2.45, 2.75) is 29.9 Å². The van der Waals surface area contributed by atoms with E-state index in [1.54, 1.807) is 24.3 Å². The normalized spacial score (nSPS) is 26.9. The van der Waals surface area contributed by atoms with Crippen molar-refractivity contribution < 1.29 is 8.42 Å². The summed E-state index contributed by atoms with van der Waals surface area (Å²) in [6, 6.07) is 8.75. The van der Waals surface area contributed by atoms with E-state index in [-0.39, 0.29) is 5.25 Å². The highest BCUT2D eigenvalue weighted by Gasteiger charge is 2.38. The fourth-order valence-corrected chi connectivity index (χ4v) is 3.96. The Kier molecular flexibility index (Phi) is 2.35. The van der Waals surface area contributed by atoms with Crippen molar-refractivity contribution in [1.82, 2.24) is 0 Å². The van der Waals surface area contributed by atoms with Gasteiger partial charge >= 0.3 is 0 Å². The molecule has 0 bridgehead atoms. The average molecular weight is 210 g/mol. The maximum absolute atomic E-state index is 12.0. The van der Waals surface area contributed by atoms with Crippen molar-refractivity contribution in [1.29, 1.82) is 0 Å². The summed E-state index contributed by atoms with van der Waals surface area (Å²) in [6.45, 7) is 2.01. The molecule has 3 heteroatoms. The summed E-state index contributed by atoms with van der Waals surface area (Å²) >= 11 is 0. The predicted octanol–water partition coefficient (Wildman–Crippen LogP) is 2.26. The van der Waals surface area contributed by atoms with E-state index in [0.717, 1.165) is 12.8 Å². The molecule has 2 atom stereocenters. The Balaban J connectivity index is 2.34. The molecule has 0 spiro atoms. The van der Waals surface area contributed by atoms with Gasteiger partial charge in [0, 0.05) is 0 Å². The molecular weight excluding hydrogens is 196 g/mol. The van der Waals surface area contributed by atoms with E-state index in [9.17, 15) is 8.42 Å². The summed E-state index contributed by atoms with van der Waals surface area (Å²) in [5.41, 5.74) is 0. The molecule has 1 aromatic carbocycles. The first kappa shape index (κ1) is 9.71. The monoisotopic (exact) mass is 210 g/mol. The standard InChI is InChI=1S/C11H14O2S/c1-9-7-8-11(9)14(12,13)10-5-3-2-4-6-10/h2-6,9,11H,7-8H2,1H3/t9-,11+/m1/s1. The second-order valence-corrected chi connectivity index (χ2v) is 6.12. The molecule has 0 radical (unpaired) electrons. The van der Waals surface area contributed by atoms with Gasteiger partial charge in [0.05, 0.1) is 10.1 Å². The topological polar surface area (TPSA) is 34.1 Å². The lowest BCUT2D eigenvalue weighted by Crippen LogP contribution is -2.36. The van der Waals surface area contributed by atoms with Crippen LogP contribution >= 0.6 is 0 Å². The molecule has 1 saturated carbocycles. The smallest absolute Gasteiger partial charge is 0.181 e. The Bertz CT molecular complexity index is 408. The van der Waals surface area contributed by atoms with Crippen LogP contribution in [0.15, 0.2) is 35.2 Å². The summed E-state index contributed by atoms with van der Waals surface area (Å²) in [6.07, 6.45) is 1.86. The zero-order valence-electron chi connectivity index (χ0n) is 8.18. The number of sulfone groups is 1. The summed E-state index contributed by atoms with van der Waals surface area (Å²) < 4.78 is 24.0. The van der Waals surface area contributed by atoms with E-state index in [0.29, 0.717) is 10.8 Å². The number of rotatable bonds is 2. The quantitative estimate of drug-likeness (QED) is 0.750. The molecule has 2 rings (SSSR count). The first-order valence-electron chi connectivity index (χ1n) is 4.91. The van der Waals surface area contributed by atoms with Gasteiger partial charge in [0.15, 0.2) is 9.84 Å². The van der Waals surface area contributed by atoms with Gasteiger partial charge in [-0.25, -0.2) is 8.42 Å². The zero-order valence-corrected chi connectivity index (χ0v) is 9.00. The fourth-order valence-electron chi connectivity index (χ4n) is 1.88. The molecule has 0 unspecified atom stereocenters. The van der Waals surface area contributed by atoms with E-state index in [1.165, 1.54) is 0 Å². The SMILES string of the molecule is C[C@@H]1CC[C@@H]1S(=O)(=O)c1ccccc1. The molecule has 0 N–H and O–H groups in total. The first-order chi connectivity index (χ1) is 6.62. The van der Waals surface area contributed by atoms with Crippen molar-refractivity contribution in [3.05, 3.63) is 30.3 Å². The molecular formula is C11H14O2S. The lowest BCUT2D eigenvalue weighted by Gasteiger charge is -2.33. The van der Waals surface area contributed by atoms with E-state index < -0.39 is 9.84 Å². The number of hydrogen-bond acceptors (Lipinski definition) is 2. The summed E-state index contributed by atoms with van der Waals surface area (Å²) in [5, 5.41) is -0.148. The molecule has 1 aliphatic rings. The Morgan fingerprint density at radius 1 is 1.14 bits per heavy atom. The van der Waals surface area contributed by atoms with Crippen molar-refractivity contribution in [2.24, 2.45) is 5.92 Å². The van der Waals surface area contributed by atoms with E-state index >= 15 is 0 Å². The zero-order chi connectivity index (χ0) is 10.2. The van der Waals surface area contributed by atoms with Crippen LogP contribution < -0.4 is 0 Å². The summed E-state index contributed by atoms with van der Waals surface area (Å²) in [5.74, 6) is 0.320. The molecule has 0 saturated heterocycles. The average Bonchev–Trinajstić information content (AvgIpc) is 2.16. The molecule has 0 amide bonds. The van der Waals surface area contributed by atoms with Crippen LogP contribution in [0.4, 0.5) is 0 Å². The van der Waals surface area contributed by atoms with Gasteiger partial charge in [-0.1, -0.05) is 25.1 Å². The Hall–Kier alpha value is -0.830. The van der Waals surface area contributed by atoms with E-state index in [1.807, 2.05) is 13.0 Å². The fraction of sp³-hybridized carbons (Fsp3) is 0.455. The van der Waals surface area contributed by atoms with Gasteiger partial charge in [-0.3, -0.25) is 0 Å². The highest BCUT2D eigenvalue weighted by Crippen LogP contribution is 2.36. The second kappa shape index (κ2) is 3.39. The van der Waals surface area contributed by atoms with Crippen LogP contribution in [-0.2, 0) is 9.84 Å². The van der Waals surface area contributed by atoms with Gasteiger partial charge in [-0.05, 0) is 30.9 Å². The maximum Gasteiger partial charge on any atom is 0.181 e. The van der Waals surface area contributed by atoms with Crippen LogP contribution in [0.5, 0.6) is 0 Å². The molecule has 1 fully saturated rings. The van der Waals surface area contributed by atoms with Crippen molar-refractivity contribution in [3.8, 4) is 0 Å². The molecule has 1 aliphatic carbocycles. The third kappa shape index (κ3) is 1.46. The van der Waals surface area contributed by atoms with Crippen molar-refractivity contribution in [3.63, 3.8) is 0 Å². The second-order valence-electron chi connectivity index (χ2n) is 3.95. The molecule has 0 heterocycles. The molecule has 0 aliphatic heterocycles. The summed E-state index contributed by atoms with van der Waals surface area (Å²) in [4.78, 5) is 0.469. The van der Waals surface area contributed by atoms with Crippen LogP contribution in [0.3, 0.4) is 0 Å². The van der Waals surface area contributed by atoms with Gasteiger partial charge in [-0.2, -0.15) is 0 Å². The number of benzene rings is 1. The van der Waals surface area contributed by atoms with Gasteiger partial charge in [0.1, 0.15) is 0 Å². The minimum atomic E-state index is -3.05. The van der Waals surface area contributed by atoms with Gasteiger partial charge in [0.2, 0.25) is 0 Å². The third-order valence-electron chi connectivity index (χ3n) is 3.01. The largest absolute Gasteiger partial charge is 0.223 e. The molecule has 14 heavy (non-hydrogen) atoms. The Morgan fingerprint density at radius 3 is 2.21 bits per heavy atom. The first-order valence-corrected chi connectivity index (χ1v) is 6.46. The Morgan fingerprint density at radius 2 is 1.79 bits per heavy atom. The van der Waals surface area contributed by atoms with Crippen LogP contribution in [0.1, 0.15) is 19.8 Å². The highest BCUT2D eigenvalue weighted by atomic mass is 32.2. The van der Waals surface area contributed by atoms with Crippen molar-refractivity contribution >= 4 is 9.84 Å². The van der Waals surface area contributed by atoms with Gasteiger partial charge in [0.25, 0.3) is 0 Å². The number of hydrogen-bond donors (Lipinski definition) is 0. The lowest BCUT2D eigenvalue weighted by molar-refractivity contribution is 0.344. The molecule has 2 nitrogen and oxygen atoms in total. The van der Waals surface area contributed by atoms with E-state index in [2.05, 4.69) is 0 Å². The van der Waals surface area contributed by atoms with Crippen LogP contribution in [0.25, 0.3) is 0 Å². The summed E-state index contributed by atoms with van der Waals surface area (Å²) in [7, 11) is -3.05. The minimum absolute atomic E-state index is 0.148. The maximum atomic E-state index is 12.0. The lowest BCUT2D eigenvalue weighted by atomic mass is 9.87. The predicted molar refractivity (Wildman–Crippen MR) is 55.8 cm³/mol. The van der Waals surface area contributed by atoms with Crippen LogP contribution in [0, 0.1) is 5.92 Å². The molecule has 76 valence electrons. The van der Waals surface area contributed by atoms with Gasteiger partial charge in [-0.15, -0.1) is 0 Å². The highest BCUT2D eigenvalue weighted by molar-refractivity contribution is 7.92. The van der Waals surface area contributed by atoms with Gasteiger partial charge < -0.3 is 0 Å².